The fourth-order valence-corrected chi connectivity index (χ4v) is 2.09. The Hall–Kier alpha value is -3.82. The predicted molar refractivity (Wildman–Crippen MR) is 92.4 cm³/mol. The van der Waals surface area contributed by atoms with Gasteiger partial charge >= 0.3 is 0 Å². The highest BCUT2D eigenvalue weighted by atomic mass is 16.6. The van der Waals surface area contributed by atoms with Crippen LogP contribution in [0.1, 0.15) is 22.8 Å². The summed E-state index contributed by atoms with van der Waals surface area (Å²) in [5.74, 6) is -0.563. The number of nitro benzene ring substituents is 2. The average Bonchev–Trinajstić information content (AvgIpc) is 2.65. The summed E-state index contributed by atoms with van der Waals surface area (Å²) in [4.78, 5) is 32.8. The monoisotopic (exact) mass is 358 g/mol. The third-order valence-electron chi connectivity index (χ3n) is 3.44. The number of nitrogens with zero attached hydrogens (tertiary/aromatic N) is 3. The van der Waals surface area contributed by atoms with Crippen LogP contribution in [0.2, 0.25) is 0 Å². The lowest BCUT2D eigenvalue weighted by atomic mass is 10.1. The number of rotatable bonds is 6. The molecule has 0 aliphatic heterocycles. The van der Waals surface area contributed by atoms with E-state index in [0.29, 0.717) is 11.3 Å². The summed E-state index contributed by atoms with van der Waals surface area (Å²) in [7, 11) is 1.33. The lowest BCUT2D eigenvalue weighted by Crippen LogP contribution is -2.20. The molecule has 0 aromatic heterocycles. The highest BCUT2D eigenvalue weighted by Crippen LogP contribution is 2.24. The molecule has 134 valence electrons. The van der Waals surface area contributed by atoms with Gasteiger partial charge in [-0.25, -0.2) is 5.43 Å². The van der Waals surface area contributed by atoms with Crippen LogP contribution in [-0.2, 0) is 0 Å². The van der Waals surface area contributed by atoms with Gasteiger partial charge in [-0.1, -0.05) is 12.1 Å². The van der Waals surface area contributed by atoms with Gasteiger partial charge in [0.25, 0.3) is 17.3 Å². The second kappa shape index (κ2) is 7.83. The van der Waals surface area contributed by atoms with Crippen molar-refractivity contribution in [3.05, 3.63) is 73.8 Å². The number of carbonyl (C=O) groups excluding carboxylic acids is 1. The van der Waals surface area contributed by atoms with Crippen molar-refractivity contribution in [3.63, 3.8) is 0 Å². The van der Waals surface area contributed by atoms with E-state index in [0.717, 1.165) is 6.07 Å². The Labute approximate surface area is 147 Å². The Balaban J connectivity index is 2.26. The lowest BCUT2D eigenvalue weighted by Gasteiger charge is -2.07. The topological polar surface area (TPSA) is 137 Å². The quantitative estimate of drug-likeness (QED) is 0.479. The zero-order chi connectivity index (χ0) is 19.3. The van der Waals surface area contributed by atoms with Crippen LogP contribution in [0.4, 0.5) is 11.4 Å². The highest BCUT2D eigenvalue weighted by Gasteiger charge is 2.17. The summed E-state index contributed by atoms with van der Waals surface area (Å²) in [5, 5.41) is 25.6. The summed E-state index contributed by atoms with van der Waals surface area (Å²) < 4.78 is 5.03. The van der Waals surface area contributed by atoms with E-state index in [9.17, 15) is 25.0 Å². The van der Waals surface area contributed by atoms with Crippen molar-refractivity contribution in [3.8, 4) is 5.75 Å². The average molecular weight is 358 g/mol. The van der Waals surface area contributed by atoms with Crippen molar-refractivity contribution in [2.75, 3.05) is 7.11 Å². The maximum absolute atomic E-state index is 12.3. The zero-order valence-electron chi connectivity index (χ0n) is 13.8. The molecule has 10 nitrogen and oxygen atoms in total. The van der Waals surface area contributed by atoms with E-state index in [2.05, 4.69) is 10.5 Å². The van der Waals surface area contributed by atoms with E-state index in [4.69, 9.17) is 4.74 Å². The van der Waals surface area contributed by atoms with Gasteiger partial charge in [0, 0.05) is 29.8 Å². The van der Waals surface area contributed by atoms with Gasteiger partial charge < -0.3 is 4.74 Å². The van der Waals surface area contributed by atoms with Crippen molar-refractivity contribution in [1.29, 1.82) is 0 Å². The molecule has 0 heterocycles. The van der Waals surface area contributed by atoms with E-state index in [1.54, 1.807) is 13.0 Å². The number of hydrogen-bond donors (Lipinski definition) is 1. The van der Waals surface area contributed by atoms with E-state index in [1.807, 2.05) is 0 Å². The molecule has 0 unspecified atom stereocenters. The summed E-state index contributed by atoms with van der Waals surface area (Å²) in [5.41, 5.74) is 2.60. The summed E-state index contributed by atoms with van der Waals surface area (Å²) in [6, 6.07) is 9.36. The molecule has 1 N–H and O–H groups in total. The first kappa shape index (κ1) is 18.5. The number of methoxy groups -OCH3 is 1. The Kier molecular flexibility index (Phi) is 5.58. The molecule has 10 heteroatoms. The van der Waals surface area contributed by atoms with E-state index >= 15 is 0 Å². The van der Waals surface area contributed by atoms with Gasteiger partial charge in [0.1, 0.15) is 5.75 Å². The molecule has 0 aliphatic rings. The Morgan fingerprint density at radius 2 is 1.73 bits per heavy atom. The van der Waals surface area contributed by atoms with Crippen LogP contribution >= 0.6 is 0 Å². The van der Waals surface area contributed by atoms with Crippen LogP contribution in [-0.4, -0.2) is 28.6 Å². The van der Waals surface area contributed by atoms with Crippen LogP contribution in [0.5, 0.6) is 5.75 Å². The maximum atomic E-state index is 12.3. The number of nitro groups is 2. The zero-order valence-corrected chi connectivity index (χ0v) is 13.8. The predicted octanol–water partition coefficient (Wildman–Crippen LogP) is 2.67. The van der Waals surface area contributed by atoms with Crippen LogP contribution in [0, 0.1) is 20.2 Å². The van der Waals surface area contributed by atoms with Gasteiger partial charge in [-0.3, -0.25) is 25.0 Å². The Morgan fingerprint density at radius 3 is 2.35 bits per heavy atom. The normalized spacial score (nSPS) is 10.9. The van der Waals surface area contributed by atoms with E-state index in [1.165, 1.54) is 37.4 Å². The van der Waals surface area contributed by atoms with Crippen LogP contribution < -0.4 is 10.2 Å². The van der Waals surface area contributed by atoms with Crippen molar-refractivity contribution in [2.45, 2.75) is 6.92 Å². The molecule has 1 amide bonds. The number of nitrogens with one attached hydrogen (secondary N) is 1. The SMILES string of the molecule is COc1ccc([N+](=O)[O-])cc1C(=O)N/N=C(/C)c1cccc([N+](=O)[O-])c1. The molecule has 2 aromatic carbocycles. The third-order valence-corrected chi connectivity index (χ3v) is 3.44. The van der Waals surface area contributed by atoms with Gasteiger partial charge in [0.15, 0.2) is 0 Å². The summed E-state index contributed by atoms with van der Waals surface area (Å²) in [6.45, 7) is 1.56. The smallest absolute Gasteiger partial charge is 0.275 e. The molecule has 26 heavy (non-hydrogen) atoms. The number of hydrogen-bond acceptors (Lipinski definition) is 7. The largest absolute Gasteiger partial charge is 0.496 e. The number of carbonyl (C=O) groups is 1. The van der Waals surface area contributed by atoms with Crippen molar-refractivity contribution >= 4 is 23.0 Å². The van der Waals surface area contributed by atoms with Gasteiger partial charge in [-0.2, -0.15) is 5.10 Å². The van der Waals surface area contributed by atoms with Crippen molar-refractivity contribution < 1.29 is 19.4 Å². The third kappa shape index (κ3) is 4.17. The fourth-order valence-electron chi connectivity index (χ4n) is 2.09. The van der Waals surface area contributed by atoms with Crippen LogP contribution in [0.25, 0.3) is 0 Å². The number of ether oxygens (including phenoxy) is 1. The summed E-state index contributed by atoms with van der Waals surface area (Å²) in [6.07, 6.45) is 0. The van der Waals surface area contributed by atoms with Gasteiger partial charge in [0.05, 0.1) is 28.2 Å². The highest BCUT2D eigenvalue weighted by molar-refractivity contribution is 6.02. The number of non-ortho nitro benzene ring substituents is 2. The van der Waals surface area contributed by atoms with E-state index < -0.39 is 15.8 Å². The molecule has 2 aromatic rings. The lowest BCUT2D eigenvalue weighted by molar-refractivity contribution is -0.385. The molecule has 0 radical (unpaired) electrons. The minimum absolute atomic E-state index is 0.0581. The maximum Gasteiger partial charge on any atom is 0.275 e. The minimum Gasteiger partial charge on any atom is -0.496 e. The molecular weight excluding hydrogens is 344 g/mol. The number of hydrazone groups is 1. The number of amides is 1. The van der Waals surface area contributed by atoms with E-state index in [-0.39, 0.29) is 22.7 Å². The van der Waals surface area contributed by atoms with Crippen molar-refractivity contribution in [1.82, 2.24) is 5.43 Å². The van der Waals surface area contributed by atoms with Crippen LogP contribution in [0.3, 0.4) is 0 Å². The standard InChI is InChI=1S/C16H14N4O6/c1-10(11-4-3-5-12(8-11)19(22)23)17-18-16(21)14-9-13(20(24)25)6-7-15(14)26-2/h3-9H,1-2H3,(H,18,21)/b17-10-. The van der Waals surface area contributed by atoms with Gasteiger partial charge in [-0.15, -0.1) is 0 Å². The van der Waals surface area contributed by atoms with Crippen LogP contribution in [0.15, 0.2) is 47.6 Å². The second-order valence-corrected chi connectivity index (χ2v) is 5.09. The second-order valence-electron chi connectivity index (χ2n) is 5.09. The first-order valence-electron chi connectivity index (χ1n) is 7.25. The molecular formula is C16H14N4O6. The molecule has 2 rings (SSSR count). The molecule has 0 saturated heterocycles. The number of benzene rings is 2. The first-order chi connectivity index (χ1) is 12.3. The minimum atomic E-state index is -0.713. The molecule has 0 aliphatic carbocycles. The summed E-state index contributed by atoms with van der Waals surface area (Å²) >= 11 is 0. The molecule has 0 atom stereocenters. The molecule has 0 spiro atoms. The fraction of sp³-hybridized carbons (Fsp3) is 0.125. The molecule has 0 fully saturated rings. The van der Waals surface area contributed by atoms with Gasteiger partial charge in [-0.05, 0) is 13.0 Å². The van der Waals surface area contributed by atoms with Gasteiger partial charge in [0.2, 0.25) is 0 Å². The Bertz CT molecular complexity index is 909. The Morgan fingerprint density at radius 1 is 1.08 bits per heavy atom. The van der Waals surface area contributed by atoms with Crippen molar-refractivity contribution in [2.24, 2.45) is 5.10 Å². The molecule has 0 saturated carbocycles. The molecule has 0 bridgehead atoms. The first-order valence-corrected chi connectivity index (χ1v) is 7.25.